The third-order valence-electron chi connectivity index (χ3n) is 5.35. The number of amides is 1. The molecule has 1 N–H and O–H groups in total. The van der Waals surface area contributed by atoms with Crippen LogP contribution in [0.5, 0.6) is 5.75 Å². The van der Waals surface area contributed by atoms with Crippen molar-refractivity contribution in [2.45, 2.75) is 33.1 Å². The van der Waals surface area contributed by atoms with Crippen LogP contribution in [0.3, 0.4) is 0 Å². The number of aromatic nitrogens is 1. The van der Waals surface area contributed by atoms with Crippen molar-refractivity contribution in [2.75, 3.05) is 11.9 Å². The predicted molar refractivity (Wildman–Crippen MR) is 123 cm³/mol. The quantitative estimate of drug-likeness (QED) is 0.383. The minimum Gasteiger partial charge on any atom is -0.484 e. The molecule has 0 saturated carbocycles. The van der Waals surface area contributed by atoms with Crippen molar-refractivity contribution in [1.29, 1.82) is 0 Å². The van der Waals surface area contributed by atoms with Crippen molar-refractivity contribution < 1.29 is 13.9 Å². The lowest BCUT2D eigenvalue weighted by atomic mass is 9.98. The van der Waals surface area contributed by atoms with Crippen LogP contribution >= 0.6 is 0 Å². The maximum Gasteiger partial charge on any atom is 0.262 e. The molecule has 1 heterocycles. The minimum absolute atomic E-state index is 0.0606. The number of fused-ring (bicyclic) bond motifs is 1. The maximum atomic E-state index is 12.3. The fourth-order valence-electron chi connectivity index (χ4n) is 3.39. The molecule has 0 fully saturated rings. The van der Waals surface area contributed by atoms with Crippen LogP contribution in [-0.2, 0) is 4.79 Å². The highest BCUT2D eigenvalue weighted by Crippen LogP contribution is 2.29. The largest absolute Gasteiger partial charge is 0.484 e. The standard InChI is InChI=1S/C26H26N2O3/c1-4-18(3)19-11-12-24-23(15-19)28-26(31-24)20-8-6-9-21(14-20)27-25(29)16-30-22-10-5-7-17(2)13-22/h5-15,18H,4,16H2,1-3H3,(H,27,29)/t18-/m0/s1. The summed E-state index contributed by atoms with van der Waals surface area (Å²) in [5, 5.41) is 2.87. The van der Waals surface area contributed by atoms with Gasteiger partial charge in [0, 0.05) is 11.3 Å². The van der Waals surface area contributed by atoms with Gasteiger partial charge in [-0.05, 0) is 72.9 Å². The van der Waals surface area contributed by atoms with E-state index in [-0.39, 0.29) is 12.5 Å². The average molecular weight is 415 g/mol. The van der Waals surface area contributed by atoms with E-state index in [1.54, 1.807) is 0 Å². The number of oxazole rings is 1. The second-order valence-corrected chi connectivity index (χ2v) is 7.79. The topological polar surface area (TPSA) is 64.4 Å². The number of hydrogen-bond acceptors (Lipinski definition) is 4. The Labute approximate surface area is 182 Å². The second kappa shape index (κ2) is 9.04. The molecule has 0 aliphatic rings. The summed E-state index contributed by atoms with van der Waals surface area (Å²) >= 11 is 0. The lowest BCUT2D eigenvalue weighted by Gasteiger charge is -2.08. The van der Waals surface area contributed by atoms with Gasteiger partial charge in [-0.1, -0.05) is 38.1 Å². The summed E-state index contributed by atoms with van der Waals surface area (Å²) in [6.07, 6.45) is 1.07. The number of nitrogens with zero attached hydrogens (tertiary/aromatic N) is 1. The van der Waals surface area contributed by atoms with Gasteiger partial charge in [0.25, 0.3) is 5.91 Å². The Hall–Kier alpha value is -3.60. The molecule has 1 atom stereocenters. The van der Waals surface area contributed by atoms with E-state index >= 15 is 0 Å². The molecule has 1 aromatic heterocycles. The molecular formula is C26H26N2O3. The van der Waals surface area contributed by atoms with Crippen molar-refractivity contribution in [3.63, 3.8) is 0 Å². The number of hydrogen-bond donors (Lipinski definition) is 1. The van der Waals surface area contributed by atoms with Gasteiger partial charge in [-0.15, -0.1) is 0 Å². The van der Waals surface area contributed by atoms with E-state index in [1.807, 2.05) is 61.5 Å². The molecule has 0 aliphatic carbocycles. The summed E-state index contributed by atoms with van der Waals surface area (Å²) in [5.41, 5.74) is 5.40. The van der Waals surface area contributed by atoms with Gasteiger partial charge in [0.1, 0.15) is 11.3 Å². The summed E-state index contributed by atoms with van der Waals surface area (Å²) in [4.78, 5) is 17.0. The van der Waals surface area contributed by atoms with E-state index in [4.69, 9.17) is 9.15 Å². The van der Waals surface area contributed by atoms with Crippen molar-refractivity contribution in [2.24, 2.45) is 0 Å². The number of anilines is 1. The molecule has 3 aromatic carbocycles. The molecule has 1 amide bonds. The van der Waals surface area contributed by atoms with Crippen LogP contribution in [0.15, 0.2) is 71.1 Å². The number of carbonyl (C=O) groups is 1. The third-order valence-corrected chi connectivity index (χ3v) is 5.35. The second-order valence-electron chi connectivity index (χ2n) is 7.79. The molecule has 158 valence electrons. The fraction of sp³-hybridized carbons (Fsp3) is 0.231. The smallest absolute Gasteiger partial charge is 0.262 e. The molecule has 31 heavy (non-hydrogen) atoms. The van der Waals surface area contributed by atoms with Gasteiger partial charge in [0.2, 0.25) is 5.89 Å². The van der Waals surface area contributed by atoms with Crippen LogP contribution in [0, 0.1) is 6.92 Å². The zero-order valence-electron chi connectivity index (χ0n) is 18.0. The third kappa shape index (κ3) is 4.94. The van der Waals surface area contributed by atoms with E-state index in [2.05, 4.69) is 36.3 Å². The molecule has 5 nitrogen and oxygen atoms in total. The van der Waals surface area contributed by atoms with E-state index < -0.39 is 0 Å². The maximum absolute atomic E-state index is 12.3. The Bertz CT molecular complexity index is 1210. The molecule has 0 unspecified atom stereocenters. The van der Waals surface area contributed by atoms with Crippen LogP contribution < -0.4 is 10.1 Å². The SMILES string of the molecule is CC[C@H](C)c1ccc2oc(-c3cccc(NC(=O)COc4cccc(C)c4)c3)nc2c1. The Kier molecular flexibility index (Phi) is 6.03. The van der Waals surface area contributed by atoms with Crippen LogP contribution in [0.4, 0.5) is 5.69 Å². The predicted octanol–water partition coefficient (Wildman–Crippen LogP) is 6.33. The highest BCUT2D eigenvalue weighted by Gasteiger charge is 2.12. The van der Waals surface area contributed by atoms with Gasteiger partial charge in [-0.2, -0.15) is 0 Å². The Morgan fingerprint density at radius 3 is 2.74 bits per heavy atom. The van der Waals surface area contributed by atoms with Crippen molar-refractivity contribution in [3.8, 4) is 17.2 Å². The summed E-state index contributed by atoms with van der Waals surface area (Å²) in [6, 6.07) is 21.2. The van der Waals surface area contributed by atoms with E-state index in [0.29, 0.717) is 23.2 Å². The average Bonchev–Trinajstić information content (AvgIpc) is 3.21. The van der Waals surface area contributed by atoms with Gasteiger partial charge in [-0.25, -0.2) is 4.98 Å². The first-order chi connectivity index (χ1) is 15.0. The number of ether oxygens (including phenoxy) is 1. The molecule has 0 spiro atoms. The normalized spacial score (nSPS) is 12.0. The monoisotopic (exact) mass is 414 g/mol. The number of aryl methyl sites for hydroxylation is 1. The zero-order chi connectivity index (χ0) is 21.8. The molecule has 5 heteroatoms. The van der Waals surface area contributed by atoms with E-state index in [0.717, 1.165) is 28.6 Å². The number of nitrogens with one attached hydrogen (secondary N) is 1. The summed E-state index contributed by atoms with van der Waals surface area (Å²) < 4.78 is 11.5. The highest BCUT2D eigenvalue weighted by molar-refractivity contribution is 5.92. The van der Waals surface area contributed by atoms with Gasteiger partial charge in [-0.3, -0.25) is 4.79 Å². The van der Waals surface area contributed by atoms with Crippen LogP contribution in [0.2, 0.25) is 0 Å². The first kappa shape index (κ1) is 20.7. The van der Waals surface area contributed by atoms with Crippen LogP contribution in [0.1, 0.15) is 37.3 Å². The number of benzene rings is 3. The molecule has 0 aliphatic heterocycles. The molecule has 4 rings (SSSR count). The molecule has 4 aromatic rings. The van der Waals surface area contributed by atoms with Crippen molar-refractivity contribution in [3.05, 3.63) is 77.9 Å². The molecule has 0 bridgehead atoms. The fourth-order valence-corrected chi connectivity index (χ4v) is 3.39. The van der Waals surface area contributed by atoms with Gasteiger partial charge >= 0.3 is 0 Å². The van der Waals surface area contributed by atoms with Gasteiger partial charge < -0.3 is 14.5 Å². The number of carbonyl (C=O) groups excluding carboxylic acids is 1. The Morgan fingerprint density at radius 2 is 1.94 bits per heavy atom. The zero-order valence-corrected chi connectivity index (χ0v) is 18.0. The van der Waals surface area contributed by atoms with E-state index in [9.17, 15) is 4.79 Å². The first-order valence-electron chi connectivity index (χ1n) is 10.5. The minimum atomic E-state index is -0.227. The first-order valence-corrected chi connectivity index (χ1v) is 10.5. The van der Waals surface area contributed by atoms with Crippen molar-refractivity contribution in [1.82, 2.24) is 4.98 Å². The molecule has 0 radical (unpaired) electrons. The lowest BCUT2D eigenvalue weighted by Crippen LogP contribution is -2.20. The van der Waals surface area contributed by atoms with Gasteiger partial charge in [0.15, 0.2) is 12.2 Å². The highest BCUT2D eigenvalue weighted by atomic mass is 16.5. The summed E-state index contributed by atoms with van der Waals surface area (Å²) in [6.45, 7) is 6.30. The Morgan fingerprint density at radius 1 is 1.10 bits per heavy atom. The number of rotatable bonds is 7. The Balaban J connectivity index is 1.47. The van der Waals surface area contributed by atoms with Gasteiger partial charge in [0.05, 0.1) is 0 Å². The van der Waals surface area contributed by atoms with Crippen molar-refractivity contribution >= 4 is 22.7 Å². The lowest BCUT2D eigenvalue weighted by molar-refractivity contribution is -0.118. The van der Waals surface area contributed by atoms with Crippen LogP contribution in [-0.4, -0.2) is 17.5 Å². The molecular weight excluding hydrogens is 388 g/mol. The molecule has 0 saturated heterocycles. The summed E-state index contributed by atoms with van der Waals surface area (Å²) in [7, 11) is 0. The summed E-state index contributed by atoms with van der Waals surface area (Å²) in [5.74, 6) is 1.45. The van der Waals surface area contributed by atoms with Crippen LogP contribution in [0.25, 0.3) is 22.6 Å². The van der Waals surface area contributed by atoms with E-state index in [1.165, 1.54) is 5.56 Å².